The summed E-state index contributed by atoms with van der Waals surface area (Å²) in [6, 6.07) is 9.66. The minimum atomic E-state index is 0.139. The number of aromatic nitrogens is 3. The van der Waals surface area contributed by atoms with Crippen molar-refractivity contribution in [3.8, 4) is 0 Å². The molecule has 0 aliphatic rings. The lowest BCUT2D eigenvalue weighted by Gasteiger charge is -2.07. The monoisotopic (exact) mass is 279 g/mol. The Labute approximate surface area is 123 Å². The summed E-state index contributed by atoms with van der Waals surface area (Å²) in [6.07, 6.45) is 4.76. The lowest BCUT2D eigenvalue weighted by molar-refractivity contribution is 0.0983. The molecular weight excluding hydrogens is 262 g/mol. The summed E-state index contributed by atoms with van der Waals surface area (Å²) >= 11 is 0. The lowest BCUT2D eigenvalue weighted by Crippen LogP contribution is -2.06. The standard InChI is InChI=1S/C17H17N3O/c1-12-11-14(13-5-3-4-6-15(13)19-12)16(21)7-8-17-18-9-10-20(17)2/h3-6,9-11H,7-8H2,1-2H3. The molecule has 0 saturated carbocycles. The van der Waals surface area contributed by atoms with Crippen LogP contribution in [0.2, 0.25) is 0 Å². The van der Waals surface area contributed by atoms with Crippen LogP contribution in [-0.4, -0.2) is 20.3 Å². The van der Waals surface area contributed by atoms with Gasteiger partial charge in [-0.1, -0.05) is 18.2 Å². The van der Waals surface area contributed by atoms with E-state index in [-0.39, 0.29) is 5.78 Å². The number of benzene rings is 1. The van der Waals surface area contributed by atoms with Gasteiger partial charge in [-0.3, -0.25) is 9.78 Å². The molecule has 0 spiro atoms. The van der Waals surface area contributed by atoms with Crippen molar-refractivity contribution in [1.82, 2.24) is 14.5 Å². The molecule has 0 bridgehead atoms. The first-order valence-electron chi connectivity index (χ1n) is 7.01. The second-order valence-corrected chi connectivity index (χ2v) is 5.21. The van der Waals surface area contributed by atoms with Crippen LogP contribution in [0.4, 0.5) is 0 Å². The van der Waals surface area contributed by atoms with E-state index in [1.807, 2.05) is 55.1 Å². The van der Waals surface area contributed by atoms with Crippen LogP contribution < -0.4 is 0 Å². The number of carbonyl (C=O) groups excluding carboxylic acids is 1. The molecule has 0 N–H and O–H groups in total. The zero-order valence-electron chi connectivity index (χ0n) is 12.2. The lowest BCUT2D eigenvalue weighted by atomic mass is 10.0. The fraction of sp³-hybridized carbons (Fsp3) is 0.235. The van der Waals surface area contributed by atoms with Gasteiger partial charge in [0.05, 0.1) is 5.52 Å². The third-order valence-corrected chi connectivity index (χ3v) is 3.64. The van der Waals surface area contributed by atoms with E-state index in [1.54, 1.807) is 6.20 Å². The summed E-state index contributed by atoms with van der Waals surface area (Å²) < 4.78 is 1.95. The van der Waals surface area contributed by atoms with Gasteiger partial charge in [0.15, 0.2) is 5.78 Å². The van der Waals surface area contributed by atoms with E-state index in [0.29, 0.717) is 12.8 Å². The highest BCUT2D eigenvalue weighted by Gasteiger charge is 2.13. The summed E-state index contributed by atoms with van der Waals surface area (Å²) in [6.45, 7) is 1.92. The number of fused-ring (bicyclic) bond motifs is 1. The first kappa shape index (κ1) is 13.5. The van der Waals surface area contributed by atoms with Crippen LogP contribution in [0, 0.1) is 6.92 Å². The van der Waals surface area contributed by atoms with Crippen molar-refractivity contribution < 1.29 is 4.79 Å². The van der Waals surface area contributed by atoms with Gasteiger partial charge >= 0.3 is 0 Å². The predicted octanol–water partition coefficient (Wildman–Crippen LogP) is 3.09. The second kappa shape index (κ2) is 5.48. The van der Waals surface area contributed by atoms with Gasteiger partial charge in [-0.15, -0.1) is 0 Å². The minimum Gasteiger partial charge on any atom is -0.338 e. The Kier molecular flexibility index (Phi) is 3.52. The molecule has 21 heavy (non-hydrogen) atoms. The molecule has 0 fully saturated rings. The van der Waals surface area contributed by atoms with Crippen LogP contribution in [0.25, 0.3) is 10.9 Å². The highest BCUT2D eigenvalue weighted by Crippen LogP contribution is 2.20. The molecule has 2 heterocycles. The molecule has 1 aromatic carbocycles. The summed E-state index contributed by atoms with van der Waals surface area (Å²) in [4.78, 5) is 21.3. The number of Topliss-reactive ketones (excluding diaryl/α,β-unsaturated/α-hetero) is 1. The minimum absolute atomic E-state index is 0.139. The van der Waals surface area contributed by atoms with Gasteiger partial charge in [0.25, 0.3) is 0 Å². The van der Waals surface area contributed by atoms with Crippen molar-refractivity contribution in [2.24, 2.45) is 7.05 Å². The maximum Gasteiger partial charge on any atom is 0.164 e. The highest BCUT2D eigenvalue weighted by molar-refractivity contribution is 6.07. The number of para-hydroxylation sites is 1. The van der Waals surface area contributed by atoms with Crippen molar-refractivity contribution in [1.29, 1.82) is 0 Å². The van der Waals surface area contributed by atoms with Gasteiger partial charge < -0.3 is 4.57 Å². The first-order valence-corrected chi connectivity index (χ1v) is 7.01. The average Bonchev–Trinajstić information content (AvgIpc) is 2.89. The Morgan fingerprint density at radius 3 is 2.86 bits per heavy atom. The van der Waals surface area contributed by atoms with E-state index in [9.17, 15) is 4.79 Å². The molecule has 0 radical (unpaired) electrons. The largest absolute Gasteiger partial charge is 0.338 e. The van der Waals surface area contributed by atoms with Crippen LogP contribution in [0.1, 0.15) is 28.3 Å². The zero-order chi connectivity index (χ0) is 14.8. The van der Waals surface area contributed by atoms with Crippen molar-refractivity contribution in [3.05, 3.63) is 59.8 Å². The van der Waals surface area contributed by atoms with E-state index in [0.717, 1.165) is 28.0 Å². The molecule has 4 heteroatoms. The van der Waals surface area contributed by atoms with Crippen LogP contribution in [0.3, 0.4) is 0 Å². The van der Waals surface area contributed by atoms with Crippen LogP contribution in [0.5, 0.6) is 0 Å². The molecule has 2 aromatic heterocycles. The summed E-state index contributed by atoms with van der Waals surface area (Å²) in [5.74, 6) is 1.07. The second-order valence-electron chi connectivity index (χ2n) is 5.21. The van der Waals surface area contributed by atoms with Gasteiger partial charge in [0, 0.05) is 48.9 Å². The number of nitrogens with zero attached hydrogens (tertiary/aromatic N) is 3. The predicted molar refractivity (Wildman–Crippen MR) is 82.3 cm³/mol. The Hall–Kier alpha value is -2.49. The highest BCUT2D eigenvalue weighted by atomic mass is 16.1. The number of imidazole rings is 1. The smallest absolute Gasteiger partial charge is 0.164 e. The number of ketones is 1. The van der Waals surface area contributed by atoms with Gasteiger partial charge in [-0.2, -0.15) is 0 Å². The van der Waals surface area contributed by atoms with Gasteiger partial charge in [0.1, 0.15) is 5.82 Å². The quantitative estimate of drug-likeness (QED) is 0.689. The molecule has 0 unspecified atom stereocenters. The Balaban J connectivity index is 1.89. The normalized spacial score (nSPS) is 11.0. The van der Waals surface area contributed by atoms with E-state index in [1.165, 1.54) is 0 Å². The van der Waals surface area contributed by atoms with Crippen molar-refractivity contribution in [2.75, 3.05) is 0 Å². The molecule has 4 nitrogen and oxygen atoms in total. The molecular formula is C17H17N3O. The molecule has 0 amide bonds. The van der Waals surface area contributed by atoms with Crippen LogP contribution >= 0.6 is 0 Å². The molecule has 3 aromatic rings. The summed E-state index contributed by atoms with van der Waals surface area (Å²) in [5.41, 5.74) is 2.50. The first-order chi connectivity index (χ1) is 10.1. The number of hydrogen-bond donors (Lipinski definition) is 0. The topological polar surface area (TPSA) is 47.8 Å². The van der Waals surface area contributed by atoms with Crippen LogP contribution in [-0.2, 0) is 13.5 Å². The molecule has 106 valence electrons. The number of aryl methyl sites for hydroxylation is 3. The summed E-state index contributed by atoms with van der Waals surface area (Å²) in [5, 5.41) is 0.924. The number of rotatable bonds is 4. The number of carbonyl (C=O) groups is 1. The molecule has 3 rings (SSSR count). The van der Waals surface area contributed by atoms with Gasteiger partial charge in [0.2, 0.25) is 0 Å². The van der Waals surface area contributed by atoms with Gasteiger partial charge in [-0.05, 0) is 19.1 Å². The Morgan fingerprint density at radius 2 is 2.10 bits per heavy atom. The van der Waals surface area contributed by atoms with E-state index in [4.69, 9.17) is 0 Å². The van der Waals surface area contributed by atoms with E-state index >= 15 is 0 Å². The Bertz CT molecular complexity index is 805. The molecule has 0 atom stereocenters. The summed E-state index contributed by atoms with van der Waals surface area (Å²) in [7, 11) is 1.94. The maximum atomic E-state index is 12.6. The molecule has 0 aliphatic carbocycles. The SMILES string of the molecule is Cc1cc(C(=O)CCc2nccn2C)c2ccccc2n1. The zero-order valence-corrected chi connectivity index (χ0v) is 12.2. The van der Waals surface area contributed by atoms with E-state index in [2.05, 4.69) is 9.97 Å². The third-order valence-electron chi connectivity index (χ3n) is 3.64. The third kappa shape index (κ3) is 2.70. The van der Waals surface area contributed by atoms with Crippen LogP contribution in [0.15, 0.2) is 42.7 Å². The fourth-order valence-electron chi connectivity index (χ4n) is 2.54. The van der Waals surface area contributed by atoms with Gasteiger partial charge in [-0.25, -0.2) is 4.98 Å². The molecule has 0 saturated heterocycles. The number of hydrogen-bond acceptors (Lipinski definition) is 3. The van der Waals surface area contributed by atoms with E-state index < -0.39 is 0 Å². The van der Waals surface area contributed by atoms with Crippen molar-refractivity contribution >= 4 is 16.7 Å². The van der Waals surface area contributed by atoms with Crippen molar-refractivity contribution in [3.63, 3.8) is 0 Å². The Morgan fingerprint density at radius 1 is 1.29 bits per heavy atom. The molecule has 0 aliphatic heterocycles. The fourth-order valence-corrected chi connectivity index (χ4v) is 2.54. The van der Waals surface area contributed by atoms with Crippen molar-refractivity contribution in [2.45, 2.75) is 19.8 Å². The number of pyridine rings is 1. The average molecular weight is 279 g/mol. The maximum absolute atomic E-state index is 12.6.